The Bertz CT molecular complexity index is 171. The summed E-state index contributed by atoms with van der Waals surface area (Å²) in [6.07, 6.45) is -4.68. The van der Waals surface area contributed by atoms with Crippen LogP contribution < -0.4 is 5.32 Å². The van der Waals surface area contributed by atoms with E-state index in [1.165, 1.54) is 0 Å². The zero-order chi connectivity index (χ0) is 11.9. The second kappa shape index (κ2) is 6.22. The largest absolute Gasteiger partial charge is 0.455 e. The molecule has 0 unspecified atom stereocenters. The topological polar surface area (TPSA) is 21.3 Å². The lowest BCUT2D eigenvalue weighted by Gasteiger charge is -2.19. The Balaban J connectivity index is 3.58. The van der Waals surface area contributed by atoms with Crippen molar-refractivity contribution in [2.75, 3.05) is 26.3 Å². The van der Waals surface area contributed by atoms with Gasteiger partial charge in [-0.05, 0) is 13.0 Å². The Labute approximate surface area is 84.8 Å². The molecule has 0 aliphatic heterocycles. The number of hydrogen-bond donors (Lipinski definition) is 1. The van der Waals surface area contributed by atoms with Gasteiger partial charge < -0.3 is 10.1 Å². The Morgan fingerprint density at radius 1 is 1.07 bits per heavy atom. The molecule has 0 heterocycles. The van der Waals surface area contributed by atoms with E-state index in [4.69, 9.17) is 0 Å². The van der Waals surface area contributed by atoms with Gasteiger partial charge in [-0.25, -0.2) is 0 Å². The molecular formula is C8H14F5NO. The highest BCUT2D eigenvalue weighted by molar-refractivity contribution is 4.74. The van der Waals surface area contributed by atoms with E-state index < -0.39 is 18.7 Å². The lowest BCUT2D eigenvalue weighted by molar-refractivity contribution is -0.296. The molecule has 0 fully saturated rings. The molecule has 0 atom stereocenters. The summed E-state index contributed by atoms with van der Waals surface area (Å²) in [7, 11) is 0. The molecule has 0 aromatic heterocycles. The van der Waals surface area contributed by atoms with Gasteiger partial charge >= 0.3 is 12.1 Å². The molecule has 0 bridgehead atoms. The Morgan fingerprint density at radius 2 is 1.67 bits per heavy atom. The molecule has 92 valence electrons. The average Bonchev–Trinajstić information content (AvgIpc) is 2.09. The molecule has 1 N–H and O–H groups in total. The van der Waals surface area contributed by atoms with Crippen molar-refractivity contribution in [1.29, 1.82) is 0 Å². The van der Waals surface area contributed by atoms with Gasteiger partial charge in [0.2, 0.25) is 0 Å². The summed E-state index contributed by atoms with van der Waals surface area (Å²) in [5.74, 6) is -4.77. The van der Waals surface area contributed by atoms with E-state index in [-0.39, 0.29) is 13.2 Å². The Hall–Kier alpha value is -0.430. The summed E-state index contributed by atoms with van der Waals surface area (Å²) in [6, 6.07) is 0. The molecule has 0 aliphatic carbocycles. The minimum absolute atomic E-state index is 0.161. The van der Waals surface area contributed by atoms with E-state index in [1.54, 1.807) is 0 Å². The van der Waals surface area contributed by atoms with E-state index in [0.717, 1.165) is 6.42 Å². The second-order valence-electron chi connectivity index (χ2n) is 3.00. The third-order valence-electron chi connectivity index (χ3n) is 1.55. The molecule has 0 aliphatic rings. The molecule has 0 saturated carbocycles. The molecule has 15 heavy (non-hydrogen) atoms. The lowest BCUT2D eigenvalue weighted by Crippen LogP contribution is -2.41. The van der Waals surface area contributed by atoms with Gasteiger partial charge in [-0.2, -0.15) is 22.0 Å². The van der Waals surface area contributed by atoms with E-state index >= 15 is 0 Å². The highest BCUT2D eigenvalue weighted by Crippen LogP contribution is 2.35. The molecule has 2 nitrogen and oxygen atoms in total. The van der Waals surface area contributed by atoms with Crippen molar-refractivity contribution in [3.63, 3.8) is 0 Å². The first kappa shape index (κ1) is 14.6. The van der Waals surface area contributed by atoms with Crippen LogP contribution in [0, 0.1) is 0 Å². The third kappa shape index (κ3) is 5.88. The Kier molecular flexibility index (Phi) is 6.04. The predicted octanol–water partition coefficient (Wildman–Crippen LogP) is 2.20. The van der Waals surface area contributed by atoms with Crippen molar-refractivity contribution in [3.05, 3.63) is 0 Å². The van der Waals surface area contributed by atoms with Crippen LogP contribution in [0.15, 0.2) is 0 Å². The molecule has 0 aromatic rings. The minimum atomic E-state index is -5.54. The highest BCUT2D eigenvalue weighted by Gasteiger charge is 2.57. The van der Waals surface area contributed by atoms with Crippen LogP contribution in [-0.2, 0) is 4.74 Å². The molecule has 0 saturated heterocycles. The molecule has 0 radical (unpaired) electrons. The number of rotatable bonds is 7. The van der Waals surface area contributed by atoms with Crippen LogP contribution >= 0.6 is 0 Å². The van der Waals surface area contributed by atoms with Crippen LogP contribution in [-0.4, -0.2) is 38.4 Å². The summed E-state index contributed by atoms with van der Waals surface area (Å²) in [5, 5.41) is 2.81. The molecule has 0 spiro atoms. The first-order valence-corrected chi connectivity index (χ1v) is 4.54. The fraction of sp³-hybridized carbons (Fsp3) is 1.00. The maximum absolute atomic E-state index is 12.2. The average molecular weight is 235 g/mol. The van der Waals surface area contributed by atoms with Crippen molar-refractivity contribution >= 4 is 0 Å². The zero-order valence-electron chi connectivity index (χ0n) is 8.33. The van der Waals surface area contributed by atoms with Crippen LogP contribution in [0.5, 0.6) is 0 Å². The summed E-state index contributed by atoms with van der Waals surface area (Å²) in [4.78, 5) is 0. The summed E-state index contributed by atoms with van der Waals surface area (Å²) >= 11 is 0. The van der Waals surface area contributed by atoms with Crippen LogP contribution in [0.3, 0.4) is 0 Å². The SMILES string of the molecule is CCCNCCOCC(F)(F)C(F)(F)F. The maximum atomic E-state index is 12.2. The van der Waals surface area contributed by atoms with Crippen molar-refractivity contribution in [2.24, 2.45) is 0 Å². The van der Waals surface area contributed by atoms with Gasteiger partial charge in [0, 0.05) is 6.54 Å². The minimum Gasteiger partial charge on any atom is -0.373 e. The van der Waals surface area contributed by atoms with Gasteiger partial charge in [-0.15, -0.1) is 0 Å². The summed E-state index contributed by atoms with van der Waals surface area (Å²) < 4.78 is 63.6. The molecule has 7 heteroatoms. The monoisotopic (exact) mass is 235 g/mol. The van der Waals surface area contributed by atoms with Crippen LogP contribution in [0.4, 0.5) is 22.0 Å². The van der Waals surface area contributed by atoms with E-state index in [2.05, 4.69) is 10.1 Å². The molecular weight excluding hydrogens is 221 g/mol. The normalized spacial score (nSPS) is 13.2. The van der Waals surface area contributed by atoms with Gasteiger partial charge in [-0.3, -0.25) is 0 Å². The maximum Gasteiger partial charge on any atom is 0.455 e. The van der Waals surface area contributed by atoms with E-state index in [1.807, 2.05) is 6.92 Å². The van der Waals surface area contributed by atoms with Gasteiger partial charge in [0.1, 0.15) is 6.61 Å². The first-order valence-electron chi connectivity index (χ1n) is 4.54. The van der Waals surface area contributed by atoms with Crippen LogP contribution in [0.25, 0.3) is 0 Å². The van der Waals surface area contributed by atoms with Crippen molar-refractivity contribution < 1.29 is 26.7 Å². The quantitative estimate of drug-likeness (QED) is 0.539. The van der Waals surface area contributed by atoms with Crippen LogP contribution in [0.2, 0.25) is 0 Å². The fourth-order valence-electron chi connectivity index (χ4n) is 0.728. The number of halogens is 5. The first-order chi connectivity index (χ1) is 6.81. The zero-order valence-corrected chi connectivity index (χ0v) is 8.33. The number of nitrogens with one attached hydrogen (secondary N) is 1. The van der Waals surface area contributed by atoms with Crippen molar-refractivity contribution in [3.8, 4) is 0 Å². The van der Waals surface area contributed by atoms with Gasteiger partial charge in [0.05, 0.1) is 6.61 Å². The van der Waals surface area contributed by atoms with E-state index in [0.29, 0.717) is 6.54 Å². The lowest BCUT2D eigenvalue weighted by atomic mass is 10.3. The second-order valence-corrected chi connectivity index (χ2v) is 3.00. The highest BCUT2D eigenvalue weighted by atomic mass is 19.4. The van der Waals surface area contributed by atoms with Gasteiger partial charge in [-0.1, -0.05) is 6.92 Å². The summed E-state index contributed by atoms with van der Waals surface area (Å²) in [5.41, 5.74) is 0. The Morgan fingerprint density at radius 3 is 2.13 bits per heavy atom. The predicted molar refractivity (Wildman–Crippen MR) is 45.0 cm³/mol. The number of ether oxygens (including phenoxy) is 1. The van der Waals surface area contributed by atoms with Crippen molar-refractivity contribution in [2.45, 2.75) is 25.4 Å². The standard InChI is InChI=1S/C8H14F5NO/c1-2-3-14-4-5-15-6-7(9,10)8(11,12)13/h14H,2-6H2,1H3. The smallest absolute Gasteiger partial charge is 0.373 e. The number of alkyl halides is 5. The number of hydrogen-bond acceptors (Lipinski definition) is 2. The fourth-order valence-corrected chi connectivity index (χ4v) is 0.728. The van der Waals surface area contributed by atoms with Gasteiger partial charge in [0.25, 0.3) is 0 Å². The molecule has 0 amide bonds. The van der Waals surface area contributed by atoms with E-state index in [9.17, 15) is 22.0 Å². The third-order valence-corrected chi connectivity index (χ3v) is 1.55. The van der Waals surface area contributed by atoms with Crippen molar-refractivity contribution in [1.82, 2.24) is 5.32 Å². The summed E-state index contributed by atoms with van der Waals surface area (Å²) in [6.45, 7) is 1.07. The van der Waals surface area contributed by atoms with Crippen LogP contribution in [0.1, 0.15) is 13.3 Å². The van der Waals surface area contributed by atoms with Gasteiger partial charge in [0.15, 0.2) is 0 Å². The molecule has 0 aromatic carbocycles. The molecule has 0 rings (SSSR count).